The third-order valence-corrected chi connectivity index (χ3v) is 7.52. The SMILES string of the molecule is Cc1cc(OCC(=O)Oc2ccc3c(c2)OC(N)=C(C#N)C3c2cccc(OCc3ccc(Cl)cc3Cl)c2)ccc1Cl. The molecule has 1 unspecified atom stereocenters. The van der Waals surface area contributed by atoms with Crippen molar-refractivity contribution in [1.82, 2.24) is 0 Å². The number of nitriles is 1. The van der Waals surface area contributed by atoms with Gasteiger partial charge in [-0.2, -0.15) is 5.26 Å². The number of hydrogen-bond donors (Lipinski definition) is 1. The van der Waals surface area contributed by atoms with E-state index in [9.17, 15) is 10.1 Å². The molecular weight excluding hydrogens is 599 g/mol. The zero-order chi connectivity index (χ0) is 29.8. The zero-order valence-electron chi connectivity index (χ0n) is 22.2. The lowest BCUT2D eigenvalue weighted by atomic mass is 9.83. The summed E-state index contributed by atoms with van der Waals surface area (Å²) in [5.74, 6) is 0.469. The van der Waals surface area contributed by atoms with Gasteiger partial charge in [0.2, 0.25) is 5.88 Å². The summed E-state index contributed by atoms with van der Waals surface area (Å²) in [4.78, 5) is 12.5. The Kier molecular flexibility index (Phi) is 8.79. The van der Waals surface area contributed by atoms with E-state index in [2.05, 4.69) is 6.07 Å². The number of fused-ring (bicyclic) bond motifs is 1. The van der Waals surface area contributed by atoms with Crippen LogP contribution in [0.5, 0.6) is 23.0 Å². The molecule has 212 valence electrons. The average Bonchev–Trinajstić information content (AvgIpc) is 2.96. The average molecular weight is 622 g/mol. The molecule has 0 aromatic heterocycles. The van der Waals surface area contributed by atoms with Crippen LogP contribution in [0.4, 0.5) is 0 Å². The molecule has 0 aliphatic carbocycles. The molecule has 0 bridgehead atoms. The van der Waals surface area contributed by atoms with Crippen molar-refractivity contribution in [2.24, 2.45) is 5.73 Å². The minimum atomic E-state index is -0.609. The Morgan fingerprint density at radius 2 is 1.71 bits per heavy atom. The Hall–Kier alpha value is -4.35. The van der Waals surface area contributed by atoms with Crippen molar-refractivity contribution in [3.05, 3.63) is 128 Å². The van der Waals surface area contributed by atoms with Gasteiger partial charge in [-0.3, -0.25) is 0 Å². The van der Waals surface area contributed by atoms with Crippen LogP contribution in [0, 0.1) is 18.3 Å². The first kappa shape index (κ1) is 29.2. The number of nitrogens with zero attached hydrogens (tertiary/aromatic N) is 1. The van der Waals surface area contributed by atoms with E-state index in [1.54, 1.807) is 54.6 Å². The van der Waals surface area contributed by atoms with Gasteiger partial charge in [0.1, 0.15) is 41.2 Å². The zero-order valence-corrected chi connectivity index (χ0v) is 24.5. The molecule has 0 fully saturated rings. The number of esters is 1. The summed E-state index contributed by atoms with van der Waals surface area (Å²) in [6.07, 6.45) is 0. The Balaban J connectivity index is 1.33. The molecule has 4 aromatic rings. The van der Waals surface area contributed by atoms with Crippen LogP contribution >= 0.6 is 34.8 Å². The van der Waals surface area contributed by atoms with Gasteiger partial charge in [0.25, 0.3) is 0 Å². The lowest BCUT2D eigenvalue weighted by Crippen LogP contribution is -2.21. The predicted octanol–water partition coefficient (Wildman–Crippen LogP) is 7.74. The number of benzene rings is 4. The fraction of sp³-hybridized carbons (Fsp3) is 0.125. The van der Waals surface area contributed by atoms with E-state index in [1.165, 1.54) is 0 Å². The highest BCUT2D eigenvalue weighted by Gasteiger charge is 2.31. The number of aryl methyl sites for hydroxylation is 1. The molecule has 4 aromatic carbocycles. The molecule has 7 nitrogen and oxygen atoms in total. The van der Waals surface area contributed by atoms with Gasteiger partial charge < -0.3 is 24.7 Å². The van der Waals surface area contributed by atoms with Crippen LogP contribution in [0.25, 0.3) is 0 Å². The second-order valence-corrected chi connectivity index (χ2v) is 10.6. The topological polar surface area (TPSA) is 104 Å². The van der Waals surface area contributed by atoms with E-state index in [1.807, 2.05) is 31.2 Å². The minimum Gasteiger partial charge on any atom is -0.489 e. The van der Waals surface area contributed by atoms with Gasteiger partial charge >= 0.3 is 5.97 Å². The summed E-state index contributed by atoms with van der Waals surface area (Å²) in [5, 5.41) is 11.6. The van der Waals surface area contributed by atoms with Crippen molar-refractivity contribution in [2.75, 3.05) is 6.61 Å². The Morgan fingerprint density at radius 1 is 0.929 bits per heavy atom. The molecule has 1 aliphatic rings. The number of hydrogen-bond acceptors (Lipinski definition) is 7. The van der Waals surface area contributed by atoms with Gasteiger partial charge in [-0.05, 0) is 66.6 Å². The number of halogens is 3. The first-order chi connectivity index (χ1) is 20.2. The molecule has 1 heterocycles. The molecule has 0 saturated carbocycles. The number of carbonyl (C=O) groups is 1. The maximum atomic E-state index is 12.5. The van der Waals surface area contributed by atoms with Crippen LogP contribution in [-0.4, -0.2) is 12.6 Å². The Labute approximate surface area is 257 Å². The van der Waals surface area contributed by atoms with Gasteiger partial charge in [-0.1, -0.05) is 59.1 Å². The van der Waals surface area contributed by atoms with E-state index in [4.69, 9.17) is 59.5 Å². The minimum absolute atomic E-state index is 0.0424. The van der Waals surface area contributed by atoms with Gasteiger partial charge in [-0.15, -0.1) is 0 Å². The summed E-state index contributed by atoms with van der Waals surface area (Å²) < 4.78 is 22.7. The van der Waals surface area contributed by atoms with E-state index in [0.29, 0.717) is 37.9 Å². The van der Waals surface area contributed by atoms with Crippen molar-refractivity contribution in [1.29, 1.82) is 5.26 Å². The summed E-state index contributed by atoms with van der Waals surface area (Å²) in [5.41, 5.74) is 9.45. The highest BCUT2D eigenvalue weighted by Crippen LogP contribution is 2.44. The molecule has 0 saturated heterocycles. The van der Waals surface area contributed by atoms with Gasteiger partial charge in [0.15, 0.2) is 6.61 Å². The summed E-state index contributed by atoms with van der Waals surface area (Å²) >= 11 is 18.3. The summed E-state index contributed by atoms with van der Waals surface area (Å²) in [6, 6.07) is 24.7. The monoisotopic (exact) mass is 620 g/mol. The smallest absolute Gasteiger partial charge is 0.349 e. The molecule has 0 amide bonds. The number of carbonyl (C=O) groups excluding carboxylic acids is 1. The molecule has 0 spiro atoms. The second kappa shape index (κ2) is 12.7. The quantitative estimate of drug-likeness (QED) is 0.159. The number of ether oxygens (including phenoxy) is 4. The first-order valence-electron chi connectivity index (χ1n) is 12.7. The number of rotatable bonds is 8. The normalized spacial score (nSPS) is 13.9. The van der Waals surface area contributed by atoms with E-state index >= 15 is 0 Å². The molecule has 5 rings (SSSR count). The molecule has 10 heteroatoms. The highest BCUT2D eigenvalue weighted by atomic mass is 35.5. The lowest BCUT2D eigenvalue weighted by Gasteiger charge is -2.27. The van der Waals surface area contributed by atoms with Crippen molar-refractivity contribution >= 4 is 40.8 Å². The maximum absolute atomic E-state index is 12.5. The van der Waals surface area contributed by atoms with Crippen molar-refractivity contribution in [2.45, 2.75) is 19.4 Å². The summed E-state index contributed by atoms with van der Waals surface area (Å²) in [6.45, 7) is 1.76. The van der Waals surface area contributed by atoms with Crippen LogP contribution < -0.4 is 24.7 Å². The van der Waals surface area contributed by atoms with Crippen LogP contribution in [0.1, 0.15) is 28.2 Å². The lowest BCUT2D eigenvalue weighted by molar-refractivity contribution is -0.136. The van der Waals surface area contributed by atoms with Crippen molar-refractivity contribution < 1.29 is 23.7 Å². The van der Waals surface area contributed by atoms with E-state index in [0.717, 1.165) is 16.7 Å². The predicted molar refractivity (Wildman–Crippen MR) is 160 cm³/mol. The third-order valence-electron chi connectivity index (χ3n) is 6.51. The molecule has 0 radical (unpaired) electrons. The van der Waals surface area contributed by atoms with Crippen LogP contribution in [0.2, 0.25) is 15.1 Å². The molecular formula is C32H23Cl3N2O5. The fourth-order valence-electron chi connectivity index (χ4n) is 4.44. The van der Waals surface area contributed by atoms with Crippen LogP contribution in [0.15, 0.2) is 90.3 Å². The second-order valence-electron chi connectivity index (χ2n) is 9.40. The van der Waals surface area contributed by atoms with Crippen LogP contribution in [-0.2, 0) is 11.4 Å². The Morgan fingerprint density at radius 3 is 2.48 bits per heavy atom. The summed E-state index contributed by atoms with van der Waals surface area (Å²) in [7, 11) is 0. The van der Waals surface area contributed by atoms with Crippen LogP contribution in [0.3, 0.4) is 0 Å². The largest absolute Gasteiger partial charge is 0.489 e. The first-order valence-corrected chi connectivity index (χ1v) is 13.8. The Bertz CT molecular complexity index is 1750. The number of nitrogens with two attached hydrogens (primary N) is 1. The van der Waals surface area contributed by atoms with E-state index in [-0.39, 0.29) is 30.4 Å². The van der Waals surface area contributed by atoms with Crippen molar-refractivity contribution in [3.63, 3.8) is 0 Å². The maximum Gasteiger partial charge on any atom is 0.349 e. The van der Waals surface area contributed by atoms with E-state index < -0.39 is 11.9 Å². The van der Waals surface area contributed by atoms with Crippen molar-refractivity contribution in [3.8, 4) is 29.1 Å². The molecule has 1 aliphatic heterocycles. The number of allylic oxidation sites excluding steroid dienone is 1. The van der Waals surface area contributed by atoms with Gasteiger partial charge in [0.05, 0.1) is 5.92 Å². The standard InChI is InChI=1S/C32H23Cl3N2O5/c1-18-11-23(8-10-27(18)34)40-17-30(38)41-24-7-9-25-29(14-24)42-32(37)26(15-36)31(25)19-3-2-4-22(12-19)39-16-20-5-6-21(33)13-28(20)35/h2-14,31H,16-17,37H2,1H3. The van der Waals surface area contributed by atoms with Gasteiger partial charge in [0, 0.05) is 32.3 Å². The highest BCUT2D eigenvalue weighted by molar-refractivity contribution is 6.35. The third kappa shape index (κ3) is 6.58. The molecule has 1 atom stereocenters. The molecule has 42 heavy (non-hydrogen) atoms. The molecule has 2 N–H and O–H groups in total. The fourth-order valence-corrected chi connectivity index (χ4v) is 5.02. The van der Waals surface area contributed by atoms with Gasteiger partial charge in [-0.25, -0.2) is 4.79 Å².